The number of hydrogen-bond acceptors (Lipinski definition) is 2. The average molecular weight is 177 g/mol. The average Bonchev–Trinajstić information content (AvgIpc) is 1.87. The van der Waals surface area contributed by atoms with Gasteiger partial charge in [-0.1, -0.05) is 19.1 Å². The van der Waals surface area contributed by atoms with Crippen LogP contribution in [0.3, 0.4) is 0 Å². The van der Waals surface area contributed by atoms with E-state index in [9.17, 15) is 4.21 Å². The predicted octanol–water partition coefficient (Wildman–Crippen LogP) is 1.52. The lowest BCUT2D eigenvalue weighted by molar-refractivity contribution is 0.692. The van der Waals surface area contributed by atoms with Gasteiger partial charge in [0.05, 0.1) is 16.3 Å². The molecule has 2 nitrogen and oxygen atoms in total. The van der Waals surface area contributed by atoms with Gasteiger partial charge in [-0.05, 0) is 12.8 Å². The Morgan fingerprint density at radius 2 is 2.40 bits per heavy atom. The topological polar surface area (TPSA) is 29.4 Å². The van der Waals surface area contributed by atoms with Crippen molar-refractivity contribution < 1.29 is 4.21 Å². The third-order valence-electron chi connectivity index (χ3n) is 0.992. The lowest BCUT2D eigenvalue weighted by Gasteiger charge is -1.96. The molecule has 1 unspecified atom stereocenters. The summed E-state index contributed by atoms with van der Waals surface area (Å²) in [6, 6.07) is 0. The lowest BCUT2D eigenvalue weighted by Crippen LogP contribution is -2.04. The van der Waals surface area contributed by atoms with Crippen molar-refractivity contribution in [2.45, 2.75) is 19.8 Å². The molecule has 0 fully saturated rings. The second-order valence-electron chi connectivity index (χ2n) is 1.83. The van der Waals surface area contributed by atoms with Crippen molar-refractivity contribution in [1.29, 1.82) is 0 Å². The maximum Gasteiger partial charge on any atom is 0.105 e. The van der Waals surface area contributed by atoms with E-state index in [-0.39, 0.29) is 0 Å². The summed E-state index contributed by atoms with van der Waals surface area (Å²) in [5.41, 5.74) is 1.27. The fourth-order valence-corrected chi connectivity index (χ4v) is 1.44. The molecule has 10 heavy (non-hydrogen) atoms. The van der Waals surface area contributed by atoms with E-state index in [1.54, 1.807) is 6.26 Å². The Morgan fingerprint density at radius 3 is 2.70 bits per heavy atom. The summed E-state index contributed by atoms with van der Waals surface area (Å²) in [4.78, 5) is 3.82. The van der Waals surface area contributed by atoms with Crippen LogP contribution in [0.5, 0.6) is 0 Å². The molecule has 0 aromatic rings. The van der Waals surface area contributed by atoms with Crippen molar-refractivity contribution in [3.05, 3.63) is 0 Å². The Bertz CT molecular complexity index is 165. The molecular formula is C6H11NOS2. The molecule has 1 atom stereocenters. The molecule has 0 aliphatic carbocycles. The number of thiocarbonyl (C=S) groups is 1. The van der Waals surface area contributed by atoms with Crippen molar-refractivity contribution in [2.75, 3.05) is 6.26 Å². The lowest BCUT2D eigenvalue weighted by atomic mass is 10.4. The molecule has 0 saturated carbocycles. The molecule has 0 bridgehead atoms. The smallest absolute Gasteiger partial charge is 0.105 e. The van der Waals surface area contributed by atoms with Gasteiger partial charge in [0.15, 0.2) is 0 Å². The van der Waals surface area contributed by atoms with Crippen molar-refractivity contribution in [2.24, 2.45) is 4.99 Å². The third kappa shape index (κ3) is 3.85. The SMILES string of the molecule is CCCC(=NC=S)S(C)=O. The summed E-state index contributed by atoms with van der Waals surface area (Å²) >= 11 is 4.51. The van der Waals surface area contributed by atoms with E-state index < -0.39 is 10.8 Å². The Balaban J connectivity index is 4.11. The summed E-state index contributed by atoms with van der Waals surface area (Å²) in [6.07, 6.45) is 3.35. The van der Waals surface area contributed by atoms with Crippen LogP contribution < -0.4 is 0 Å². The first-order valence-electron chi connectivity index (χ1n) is 3.06. The maximum atomic E-state index is 10.8. The maximum absolute atomic E-state index is 10.8. The van der Waals surface area contributed by atoms with Gasteiger partial charge in [-0.15, -0.1) is 0 Å². The van der Waals surface area contributed by atoms with E-state index in [1.807, 2.05) is 6.92 Å². The zero-order valence-electron chi connectivity index (χ0n) is 6.16. The highest BCUT2D eigenvalue weighted by Gasteiger charge is 1.99. The zero-order valence-corrected chi connectivity index (χ0v) is 7.80. The minimum Gasteiger partial charge on any atom is -0.253 e. The van der Waals surface area contributed by atoms with E-state index in [0.29, 0.717) is 5.04 Å². The Hall–Kier alpha value is -0.0900. The first kappa shape index (κ1) is 9.91. The van der Waals surface area contributed by atoms with Gasteiger partial charge in [0.1, 0.15) is 5.04 Å². The standard InChI is InChI=1S/C6H11NOS2/c1-3-4-6(7-5-9)10(2)8/h5H,3-4H2,1-2H3. The highest BCUT2D eigenvalue weighted by Crippen LogP contribution is 1.95. The highest BCUT2D eigenvalue weighted by atomic mass is 32.2. The fraction of sp³-hybridized carbons (Fsp3) is 0.667. The van der Waals surface area contributed by atoms with Crippen LogP contribution >= 0.6 is 12.2 Å². The van der Waals surface area contributed by atoms with Crippen LogP contribution in [-0.4, -0.2) is 21.0 Å². The predicted molar refractivity (Wildman–Crippen MR) is 50.1 cm³/mol. The first-order valence-corrected chi connectivity index (χ1v) is 5.09. The quantitative estimate of drug-likeness (QED) is 0.371. The summed E-state index contributed by atoms with van der Waals surface area (Å²) in [7, 11) is -0.951. The van der Waals surface area contributed by atoms with Crippen LogP contribution in [0.15, 0.2) is 4.99 Å². The molecular weight excluding hydrogens is 166 g/mol. The third-order valence-corrected chi connectivity index (χ3v) is 2.07. The highest BCUT2D eigenvalue weighted by molar-refractivity contribution is 8.00. The molecule has 0 aromatic carbocycles. The van der Waals surface area contributed by atoms with Gasteiger partial charge in [0, 0.05) is 6.26 Å². The monoisotopic (exact) mass is 177 g/mol. The van der Waals surface area contributed by atoms with Gasteiger partial charge >= 0.3 is 0 Å². The molecule has 0 aliphatic heterocycles. The molecule has 0 heterocycles. The van der Waals surface area contributed by atoms with Gasteiger partial charge in [-0.3, -0.25) is 4.21 Å². The summed E-state index contributed by atoms with van der Waals surface area (Å²) in [5.74, 6) is 0. The second-order valence-corrected chi connectivity index (χ2v) is 3.42. The van der Waals surface area contributed by atoms with Crippen LogP contribution in [0.25, 0.3) is 0 Å². The van der Waals surface area contributed by atoms with Crippen LogP contribution in [0.2, 0.25) is 0 Å². The Labute approximate surface area is 69.2 Å². The molecule has 58 valence electrons. The van der Waals surface area contributed by atoms with Crippen LogP contribution in [0.1, 0.15) is 19.8 Å². The molecule has 0 radical (unpaired) electrons. The van der Waals surface area contributed by atoms with Crippen LogP contribution in [0, 0.1) is 0 Å². The van der Waals surface area contributed by atoms with Crippen molar-refractivity contribution in [3.63, 3.8) is 0 Å². The normalized spacial score (nSPS) is 14.8. The van der Waals surface area contributed by atoms with Gasteiger partial charge in [-0.25, -0.2) is 4.99 Å². The van der Waals surface area contributed by atoms with Crippen LogP contribution in [0.4, 0.5) is 0 Å². The first-order chi connectivity index (χ1) is 4.72. The molecule has 0 aliphatic rings. The minimum atomic E-state index is -0.951. The molecule has 0 amide bonds. The molecule has 0 aromatic heterocycles. The zero-order chi connectivity index (χ0) is 7.98. The molecule has 0 rings (SSSR count). The van der Waals surface area contributed by atoms with Crippen molar-refractivity contribution >= 4 is 33.6 Å². The van der Waals surface area contributed by atoms with Gasteiger partial charge in [0.2, 0.25) is 0 Å². The van der Waals surface area contributed by atoms with E-state index in [1.165, 1.54) is 5.49 Å². The van der Waals surface area contributed by atoms with Crippen LogP contribution in [-0.2, 0) is 10.8 Å². The van der Waals surface area contributed by atoms with Crippen molar-refractivity contribution in [3.8, 4) is 0 Å². The van der Waals surface area contributed by atoms with E-state index in [0.717, 1.165) is 12.8 Å². The molecule has 0 saturated heterocycles. The molecule has 0 N–H and O–H groups in total. The largest absolute Gasteiger partial charge is 0.253 e. The van der Waals surface area contributed by atoms with E-state index >= 15 is 0 Å². The van der Waals surface area contributed by atoms with Crippen molar-refractivity contribution in [1.82, 2.24) is 0 Å². The molecule has 4 heteroatoms. The minimum absolute atomic E-state index is 0.692. The number of rotatable bonds is 3. The summed E-state index contributed by atoms with van der Waals surface area (Å²) in [6.45, 7) is 2.02. The Kier molecular flexibility index (Phi) is 5.63. The summed E-state index contributed by atoms with van der Waals surface area (Å²) < 4.78 is 10.8. The van der Waals surface area contributed by atoms with E-state index in [2.05, 4.69) is 17.2 Å². The number of aliphatic imine (C=N–C) groups is 1. The molecule has 0 spiro atoms. The number of hydrogen-bond donors (Lipinski definition) is 0. The van der Waals surface area contributed by atoms with Gasteiger partial charge in [0.25, 0.3) is 0 Å². The number of nitrogens with zero attached hydrogens (tertiary/aromatic N) is 1. The van der Waals surface area contributed by atoms with Gasteiger partial charge in [-0.2, -0.15) is 0 Å². The van der Waals surface area contributed by atoms with Gasteiger partial charge < -0.3 is 0 Å². The second kappa shape index (κ2) is 5.68. The fourth-order valence-electron chi connectivity index (χ4n) is 0.555. The summed E-state index contributed by atoms with van der Waals surface area (Å²) in [5, 5.41) is 0.692. The Morgan fingerprint density at radius 1 is 1.80 bits per heavy atom. The van der Waals surface area contributed by atoms with E-state index in [4.69, 9.17) is 0 Å².